The summed E-state index contributed by atoms with van der Waals surface area (Å²) < 4.78 is 0. The van der Waals surface area contributed by atoms with Gasteiger partial charge in [0, 0.05) is 4.88 Å². The molecule has 1 saturated carbocycles. The molecule has 0 spiro atoms. The van der Waals surface area contributed by atoms with E-state index in [4.69, 9.17) is 0 Å². The summed E-state index contributed by atoms with van der Waals surface area (Å²) in [6.07, 6.45) is 1.88. The number of urea groups is 1. The first kappa shape index (κ1) is 15.0. The van der Waals surface area contributed by atoms with Gasteiger partial charge in [-0.1, -0.05) is 6.07 Å². The fourth-order valence-electron chi connectivity index (χ4n) is 2.84. The zero-order valence-electron chi connectivity index (χ0n) is 12.6. The minimum Gasteiger partial charge on any atom is -0.347 e. The molecule has 7 heteroatoms. The zero-order chi connectivity index (χ0) is 15.9. The maximum absolute atomic E-state index is 12.4. The second kappa shape index (κ2) is 5.39. The van der Waals surface area contributed by atoms with Crippen molar-refractivity contribution in [1.29, 1.82) is 0 Å². The fourth-order valence-corrected chi connectivity index (χ4v) is 3.57. The lowest BCUT2D eigenvalue weighted by atomic mass is 9.96. The number of carbonyl (C=O) groups excluding carboxylic acids is 3. The van der Waals surface area contributed by atoms with Crippen molar-refractivity contribution >= 4 is 29.2 Å². The van der Waals surface area contributed by atoms with Gasteiger partial charge in [0.15, 0.2) is 0 Å². The molecule has 0 bridgehead atoms. The van der Waals surface area contributed by atoms with Crippen LogP contribution < -0.4 is 10.6 Å². The molecule has 2 fully saturated rings. The molecule has 22 heavy (non-hydrogen) atoms. The summed E-state index contributed by atoms with van der Waals surface area (Å²) in [4.78, 5) is 38.6. The number of imide groups is 1. The Balaban J connectivity index is 1.61. The quantitative estimate of drug-likeness (QED) is 0.809. The summed E-state index contributed by atoms with van der Waals surface area (Å²) in [6, 6.07) is 3.25. The van der Waals surface area contributed by atoms with Crippen molar-refractivity contribution in [2.24, 2.45) is 5.92 Å². The molecule has 2 unspecified atom stereocenters. The topological polar surface area (TPSA) is 78.5 Å². The van der Waals surface area contributed by atoms with Gasteiger partial charge in [-0.3, -0.25) is 14.5 Å². The van der Waals surface area contributed by atoms with E-state index in [0.29, 0.717) is 0 Å². The van der Waals surface area contributed by atoms with Gasteiger partial charge in [0.25, 0.3) is 5.91 Å². The summed E-state index contributed by atoms with van der Waals surface area (Å²) in [5.41, 5.74) is -0.837. The molecule has 118 valence electrons. The molecular weight excluding hydrogens is 302 g/mol. The normalized spacial score (nSPS) is 26.0. The number of thiophene rings is 1. The smallest absolute Gasteiger partial charge is 0.325 e. The van der Waals surface area contributed by atoms with Crippen molar-refractivity contribution in [2.75, 3.05) is 6.54 Å². The number of nitrogens with one attached hydrogen (secondary N) is 2. The van der Waals surface area contributed by atoms with Crippen molar-refractivity contribution in [2.45, 2.75) is 38.3 Å². The van der Waals surface area contributed by atoms with Crippen LogP contribution >= 0.6 is 11.3 Å². The summed E-state index contributed by atoms with van der Waals surface area (Å²) in [6.45, 7) is 3.39. The van der Waals surface area contributed by atoms with Gasteiger partial charge in [-0.25, -0.2) is 4.79 Å². The van der Waals surface area contributed by atoms with Gasteiger partial charge >= 0.3 is 6.03 Å². The molecule has 2 N–H and O–H groups in total. The molecule has 2 atom stereocenters. The average molecular weight is 321 g/mol. The van der Waals surface area contributed by atoms with Crippen LogP contribution in [0.25, 0.3) is 0 Å². The van der Waals surface area contributed by atoms with E-state index < -0.39 is 11.6 Å². The minimum absolute atomic E-state index is 0.136. The lowest BCUT2D eigenvalue weighted by Crippen LogP contribution is -2.47. The van der Waals surface area contributed by atoms with Crippen LogP contribution in [0.15, 0.2) is 17.5 Å². The Morgan fingerprint density at radius 2 is 2.27 bits per heavy atom. The highest BCUT2D eigenvalue weighted by atomic mass is 32.1. The average Bonchev–Trinajstić information content (AvgIpc) is 3.14. The Hall–Kier alpha value is -1.89. The number of nitrogens with zero attached hydrogens (tertiary/aromatic N) is 1. The Kier molecular flexibility index (Phi) is 3.68. The Bertz CT molecular complexity index is 612. The molecule has 1 saturated heterocycles. The molecule has 1 aliphatic heterocycles. The molecule has 1 aromatic rings. The summed E-state index contributed by atoms with van der Waals surface area (Å²) in [5, 5.41) is 7.50. The van der Waals surface area contributed by atoms with E-state index in [9.17, 15) is 14.4 Å². The van der Waals surface area contributed by atoms with E-state index >= 15 is 0 Å². The second-order valence-electron chi connectivity index (χ2n) is 6.10. The van der Waals surface area contributed by atoms with E-state index in [1.165, 1.54) is 0 Å². The third-order valence-electron chi connectivity index (χ3n) is 4.34. The van der Waals surface area contributed by atoms with Crippen LogP contribution in [0.2, 0.25) is 0 Å². The molecule has 2 heterocycles. The van der Waals surface area contributed by atoms with Gasteiger partial charge < -0.3 is 10.6 Å². The number of amides is 4. The highest BCUT2D eigenvalue weighted by Crippen LogP contribution is 2.42. The molecule has 4 amide bonds. The van der Waals surface area contributed by atoms with Crippen LogP contribution in [0.3, 0.4) is 0 Å². The summed E-state index contributed by atoms with van der Waals surface area (Å²) in [7, 11) is 0. The first-order valence-corrected chi connectivity index (χ1v) is 8.26. The maximum Gasteiger partial charge on any atom is 0.325 e. The minimum atomic E-state index is -0.837. The van der Waals surface area contributed by atoms with E-state index in [2.05, 4.69) is 10.6 Å². The number of hydrogen-bond acceptors (Lipinski definition) is 4. The largest absolute Gasteiger partial charge is 0.347 e. The highest BCUT2D eigenvalue weighted by molar-refractivity contribution is 7.10. The predicted molar refractivity (Wildman–Crippen MR) is 82.3 cm³/mol. The number of carbonyl (C=O) groups is 3. The van der Waals surface area contributed by atoms with Crippen LogP contribution in [0, 0.1) is 5.92 Å². The third kappa shape index (κ3) is 2.61. The third-order valence-corrected chi connectivity index (χ3v) is 5.40. The SMILES string of the molecule is CC(NC(=O)CN1C(=O)NC(C)(C2CC2)C1=O)c1cccs1. The predicted octanol–water partition coefficient (Wildman–Crippen LogP) is 1.65. The monoisotopic (exact) mass is 321 g/mol. The standard InChI is InChI=1S/C15H19N3O3S/c1-9(11-4-3-7-22-11)16-12(19)8-18-13(20)15(2,10-5-6-10)17-14(18)21/h3-4,7,9-10H,5-6,8H2,1-2H3,(H,16,19)(H,17,21). The molecule has 1 aromatic heterocycles. The molecule has 0 aromatic carbocycles. The van der Waals surface area contributed by atoms with Crippen LogP contribution in [0.4, 0.5) is 4.79 Å². The fraction of sp³-hybridized carbons (Fsp3) is 0.533. The first-order chi connectivity index (χ1) is 10.4. The number of hydrogen-bond donors (Lipinski definition) is 2. The van der Waals surface area contributed by atoms with Gasteiger partial charge in [0.1, 0.15) is 12.1 Å². The van der Waals surface area contributed by atoms with Crippen molar-refractivity contribution in [3.8, 4) is 0 Å². The van der Waals surface area contributed by atoms with Gasteiger partial charge in [-0.2, -0.15) is 0 Å². The number of rotatable bonds is 5. The Morgan fingerprint density at radius 3 is 2.86 bits per heavy atom. The summed E-state index contributed by atoms with van der Waals surface area (Å²) in [5.74, 6) is -0.426. The van der Waals surface area contributed by atoms with Crippen molar-refractivity contribution < 1.29 is 14.4 Å². The lowest BCUT2D eigenvalue weighted by molar-refractivity contribution is -0.135. The molecule has 6 nitrogen and oxygen atoms in total. The molecule has 0 radical (unpaired) electrons. The first-order valence-electron chi connectivity index (χ1n) is 7.38. The molecule has 3 rings (SSSR count). The maximum atomic E-state index is 12.4. The van der Waals surface area contributed by atoms with E-state index in [-0.39, 0.29) is 30.3 Å². The van der Waals surface area contributed by atoms with E-state index in [1.807, 2.05) is 24.4 Å². The van der Waals surface area contributed by atoms with Crippen molar-refractivity contribution in [3.05, 3.63) is 22.4 Å². The highest BCUT2D eigenvalue weighted by Gasteiger charge is 2.56. The van der Waals surface area contributed by atoms with Gasteiger partial charge in [-0.05, 0) is 44.1 Å². The molecule has 1 aliphatic carbocycles. The second-order valence-corrected chi connectivity index (χ2v) is 7.08. The van der Waals surface area contributed by atoms with Crippen LogP contribution in [0.5, 0.6) is 0 Å². The van der Waals surface area contributed by atoms with Crippen molar-refractivity contribution in [1.82, 2.24) is 15.5 Å². The molecule has 2 aliphatic rings. The Labute approximate surface area is 132 Å². The van der Waals surface area contributed by atoms with Gasteiger partial charge in [-0.15, -0.1) is 11.3 Å². The van der Waals surface area contributed by atoms with E-state index in [0.717, 1.165) is 22.6 Å². The zero-order valence-corrected chi connectivity index (χ0v) is 13.4. The van der Waals surface area contributed by atoms with Crippen LogP contribution in [0.1, 0.15) is 37.6 Å². The molecular formula is C15H19N3O3S. The van der Waals surface area contributed by atoms with Crippen molar-refractivity contribution in [3.63, 3.8) is 0 Å². The van der Waals surface area contributed by atoms with Crippen LogP contribution in [-0.2, 0) is 9.59 Å². The van der Waals surface area contributed by atoms with E-state index in [1.54, 1.807) is 18.3 Å². The summed E-state index contributed by atoms with van der Waals surface area (Å²) >= 11 is 1.55. The van der Waals surface area contributed by atoms with Crippen LogP contribution in [-0.4, -0.2) is 34.8 Å². The Morgan fingerprint density at radius 1 is 1.55 bits per heavy atom. The van der Waals surface area contributed by atoms with Gasteiger partial charge in [0.2, 0.25) is 5.91 Å². The van der Waals surface area contributed by atoms with Gasteiger partial charge in [0.05, 0.1) is 6.04 Å². The lowest BCUT2D eigenvalue weighted by Gasteiger charge is -2.21.